The van der Waals surface area contributed by atoms with E-state index in [2.05, 4.69) is 10.4 Å². The molecule has 13 heavy (non-hydrogen) atoms. The number of nitrogens with two attached hydrogens (primary N) is 1. The molecular formula is C8H7N5. The minimum atomic E-state index is 0.369. The van der Waals surface area contributed by atoms with Crippen molar-refractivity contribution >= 4 is 11.5 Å². The maximum absolute atomic E-state index is 8.75. The Morgan fingerprint density at radius 1 is 1.54 bits per heavy atom. The molecule has 0 fully saturated rings. The van der Waals surface area contributed by atoms with Crippen LogP contribution in [0.2, 0.25) is 0 Å². The van der Waals surface area contributed by atoms with Crippen molar-refractivity contribution in [2.24, 2.45) is 5.84 Å². The second-order valence-electron chi connectivity index (χ2n) is 2.50. The number of nitrogens with zero attached hydrogens (tertiary/aromatic N) is 3. The van der Waals surface area contributed by atoms with Crippen LogP contribution in [-0.4, -0.2) is 9.38 Å². The predicted molar refractivity (Wildman–Crippen MR) is 47.7 cm³/mol. The molecule has 0 unspecified atom stereocenters. The number of rotatable bonds is 1. The van der Waals surface area contributed by atoms with E-state index in [1.54, 1.807) is 10.6 Å². The van der Waals surface area contributed by atoms with E-state index in [0.29, 0.717) is 11.6 Å². The van der Waals surface area contributed by atoms with E-state index in [4.69, 9.17) is 11.1 Å². The summed E-state index contributed by atoms with van der Waals surface area (Å²) in [5.41, 5.74) is 3.54. The monoisotopic (exact) mass is 173 g/mol. The maximum Gasteiger partial charge on any atom is 0.223 e. The van der Waals surface area contributed by atoms with Gasteiger partial charge in [0.15, 0.2) is 5.69 Å². The van der Waals surface area contributed by atoms with Gasteiger partial charge >= 0.3 is 0 Å². The summed E-state index contributed by atoms with van der Waals surface area (Å²) in [4.78, 5) is 3.99. The van der Waals surface area contributed by atoms with E-state index in [-0.39, 0.29) is 0 Å². The first-order chi connectivity index (χ1) is 6.36. The number of nitrogens with one attached hydrogen (secondary N) is 1. The third kappa shape index (κ3) is 1.01. The smallest absolute Gasteiger partial charge is 0.223 e. The Morgan fingerprint density at radius 2 is 2.38 bits per heavy atom. The van der Waals surface area contributed by atoms with Gasteiger partial charge in [-0.2, -0.15) is 5.26 Å². The molecule has 3 N–H and O–H groups in total. The van der Waals surface area contributed by atoms with Gasteiger partial charge in [-0.1, -0.05) is 6.07 Å². The number of nitriles is 1. The summed E-state index contributed by atoms with van der Waals surface area (Å²) < 4.78 is 1.72. The Labute approximate surface area is 74.4 Å². The zero-order chi connectivity index (χ0) is 9.26. The first-order valence-corrected chi connectivity index (χ1v) is 3.70. The molecule has 5 nitrogen and oxygen atoms in total. The lowest BCUT2D eigenvalue weighted by atomic mass is 10.3. The highest BCUT2D eigenvalue weighted by molar-refractivity contribution is 5.62. The van der Waals surface area contributed by atoms with Crippen molar-refractivity contribution in [3.8, 4) is 6.07 Å². The molecule has 2 aromatic heterocycles. The Bertz CT molecular complexity index is 479. The molecule has 0 radical (unpaired) electrons. The van der Waals surface area contributed by atoms with Crippen LogP contribution < -0.4 is 11.3 Å². The van der Waals surface area contributed by atoms with E-state index in [9.17, 15) is 0 Å². The molecule has 0 aliphatic heterocycles. The van der Waals surface area contributed by atoms with Crippen LogP contribution in [0, 0.1) is 11.3 Å². The number of aromatic nitrogens is 2. The lowest BCUT2D eigenvalue weighted by molar-refractivity contribution is 1.11. The zero-order valence-corrected chi connectivity index (χ0v) is 6.73. The van der Waals surface area contributed by atoms with Crippen molar-refractivity contribution in [1.82, 2.24) is 9.38 Å². The van der Waals surface area contributed by atoms with Crippen LogP contribution >= 0.6 is 0 Å². The highest BCUT2D eigenvalue weighted by atomic mass is 15.3. The van der Waals surface area contributed by atoms with Crippen LogP contribution in [0.15, 0.2) is 24.4 Å². The van der Waals surface area contributed by atoms with Crippen molar-refractivity contribution in [1.29, 1.82) is 5.26 Å². The van der Waals surface area contributed by atoms with Gasteiger partial charge in [0.1, 0.15) is 6.07 Å². The van der Waals surface area contributed by atoms with Crippen LogP contribution in [0.3, 0.4) is 0 Å². The molecule has 2 rings (SSSR count). The summed E-state index contributed by atoms with van der Waals surface area (Å²) in [6, 6.07) is 7.50. The molecule has 0 atom stereocenters. The van der Waals surface area contributed by atoms with Crippen molar-refractivity contribution < 1.29 is 0 Å². The number of imidazole rings is 1. The third-order valence-electron chi connectivity index (χ3n) is 1.78. The van der Waals surface area contributed by atoms with E-state index in [1.807, 2.05) is 24.3 Å². The summed E-state index contributed by atoms with van der Waals surface area (Å²) in [7, 11) is 0. The molecule has 0 aliphatic carbocycles. The van der Waals surface area contributed by atoms with Crippen molar-refractivity contribution in [2.45, 2.75) is 0 Å². The average Bonchev–Trinajstić information content (AvgIpc) is 2.56. The molecule has 0 aromatic carbocycles. The van der Waals surface area contributed by atoms with Gasteiger partial charge in [-0.15, -0.1) is 0 Å². The molecule has 2 aromatic rings. The highest BCUT2D eigenvalue weighted by Gasteiger charge is 2.07. The lowest BCUT2D eigenvalue weighted by Gasteiger charge is -1.96. The van der Waals surface area contributed by atoms with Gasteiger partial charge in [-0.05, 0) is 12.1 Å². The number of nitrogen functional groups attached to an aromatic ring is 1. The van der Waals surface area contributed by atoms with Gasteiger partial charge < -0.3 is 0 Å². The standard InChI is InChI=1S/C8H7N5/c9-5-6-7-3-1-2-4-13(7)8(11-6)12-10/h1-4H,10H2,(H,11,12). The average molecular weight is 173 g/mol. The lowest BCUT2D eigenvalue weighted by Crippen LogP contribution is -2.09. The fraction of sp³-hybridized carbons (Fsp3) is 0. The first kappa shape index (κ1) is 7.58. The molecule has 0 saturated heterocycles. The van der Waals surface area contributed by atoms with Gasteiger partial charge in [-0.25, -0.2) is 10.8 Å². The van der Waals surface area contributed by atoms with Crippen molar-refractivity contribution in [3.05, 3.63) is 30.1 Å². The second-order valence-corrected chi connectivity index (χ2v) is 2.50. The quantitative estimate of drug-likeness (QED) is 0.486. The van der Waals surface area contributed by atoms with Crippen LogP contribution in [0.4, 0.5) is 5.95 Å². The normalized spacial score (nSPS) is 9.85. The number of hydrazine groups is 1. The minimum Gasteiger partial charge on any atom is -0.293 e. The number of hydrogen-bond acceptors (Lipinski definition) is 4. The van der Waals surface area contributed by atoms with Gasteiger partial charge in [-0.3, -0.25) is 9.83 Å². The Morgan fingerprint density at radius 3 is 3.08 bits per heavy atom. The summed E-state index contributed by atoms with van der Waals surface area (Å²) in [6.07, 6.45) is 1.79. The molecule has 64 valence electrons. The van der Waals surface area contributed by atoms with E-state index in [0.717, 1.165) is 5.52 Å². The third-order valence-corrected chi connectivity index (χ3v) is 1.78. The highest BCUT2D eigenvalue weighted by Crippen LogP contribution is 2.14. The first-order valence-electron chi connectivity index (χ1n) is 3.70. The molecule has 0 aliphatic rings. The van der Waals surface area contributed by atoms with Gasteiger partial charge in [0.05, 0.1) is 5.52 Å². The maximum atomic E-state index is 8.75. The second kappa shape index (κ2) is 2.77. The summed E-state index contributed by atoms with van der Waals surface area (Å²) in [5, 5.41) is 8.75. The van der Waals surface area contributed by atoms with Crippen LogP contribution in [0.5, 0.6) is 0 Å². The number of hydrogen-bond donors (Lipinski definition) is 2. The fourth-order valence-corrected chi connectivity index (χ4v) is 1.22. The number of fused-ring (bicyclic) bond motifs is 1. The Hall–Kier alpha value is -2.06. The predicted octanol–water partition coefficient (Wildman–Crippen LogP) is 0.492. The van der Waals surface area contributed by atoms with Gasteiger partial charge in [0.2, 0.25) is 5.95 Å². The summed E-state index contributed by atoms with van der Waals surface area (Å²) >= 11 is 0. The Kier molecular flexibility index (Phi) is 1.61. The number of pyridine rings is 1. The van der Waals surface area contributed by atoms with Gasteiger partial charge in [0.25, 0.3) is 0 Å². The molecule has 2 heterocycles. The van der Waals surface area contributed by atoms with E-state index in [1.165, 1.54) is 0 Å². The molecule has 0 saturated carbocycles. The molecule has 0 bridgehead atoms. The van der Waals surface area contributed by atoms with Crippen molar-refractivity contribution in [2.75, 3.05) is 5.43 Å². The largest absolute Gasteiger partial charge is 0.293 e. The van der Waals surface area contributed by atoms with Crippen LogP contribution in [-0.2, 0) is 0 Å². The number of anilines is 1. The summed E-state index contributed by atoms with van der Waals surface area (Å²) in [6.45, 7) is 0. The topological polar surface area (TPSA) is 79.1 Å². The zero-order valence-electron chi connectivity index (χ0n) is 6.73. The van der Waals surface area contributed by atoms with Crippen LogP contribution in [0.25, 0.3) is 5.52 Å². The summed E-state index contributed by atoms with van der Waals surface area (Å²) in [5.74, 6) is 5.71. The van der Waals surface area contributed by atoms with Crippen molar-refractivity contribution in [3.63, 3.8) is 0 Å². The van der Waals surface area contributed by atoms with Gasteiger partial charge in [0, 0.05) is 6.20 Å². The van der Waals surface area contributed by atoms with Crippen LogP contribution in [0.1, 0.15) is 5.69 Å². The fourth-order valence-electron chi connectivity index (χ4n) is 1.22. The SMILES string of the molecule is N#Cc1nc(NN)n2ccccc12. The van der Waals surface area contributed by atoms with E-state index < -0.39 is 0 Å². The molecule has 0 spiro atoms. The minimum absolute atomic E-state index is 0.369. The molecule has 5 heteroatoms. The Balaban J connectivity index is 2.84. The molecular weight excluding hydrogens is 166 g/mol. The molecule has 0 amide bonds. The van der Waals surface area contributed by atoms with E-state index >= 15 is 0 Å².